The molecule has 0 amide bonds. The third kappa shape index (κ3) is 5.31. The molecule has 2 aromatic heterocycles. The number of ether oxygens (including phenoxy) is 2. The Bertz CT molecular complexity index is 1430. The van der Waals surface area contributed by atoms with Gasteiger partial charge in [-0.15, -0.1) is 0 Å². The van der Waals surface area contributed by atoms with Crippen molar-refractivity contribution in [1.29, 1.82) is 5.26 Å². The monoisotopic (exact) mass is 519 g/mol. The Morgan fingerprint density at radius 1 is 1.24 bits per heavy atom. The van der Waals surface area contributed by atoms with Gasteiger partial charge in [0.1, 0.15) is 24.2 Å². The molecule has 1 N–H and O–H groups in total. The van der Waals surface area contributed by atoms with Gasteiger partial charge in [-0.2, -0.15) is 10.4 Å². The van der Waals surface area contributed by atoms with Crippen LogP contribution in [0.4, 0.5) is 5.69 Å². The molecule has 5 rings (SSSR count). The first-order chi connectivity index (χ1) is 17.9. The second-order valence-electron chi connectivity index (χ2n) is 10.2. The van der Waals surface area contributed by atoms with Crippen LogP contribution in [0.1, 0.15) is 35.6 Å². The molecule has 2 aromatic carbocycles. The number of benzene rings is 2. The van der Waals surface area contributed by atoms with Crippen molar-refractivity contribution in [3.05, 3.63) is 59.6 Å². The lowest BCUT2D eigenvalue weighted by molar-refractivity contribution is 0.0842. The SMILES string of the molecule is COc1c(C#N)ccc2c1CCCC2Nc1ccc2c(c1)c(-c1cnco1)nn2COCCS(C)(C)C. The van der Waals surface area contributed by atoms with Crippen molar-refractivity contribution in [2.45, 2.75) is 32.0 Å². The van der Waals surface area contributed by atoms with Gasteiger partial charge in [-0.3, -0.25) is 0 Å². The predicted molar refractivity (Wildman–Crippen MR) is 148 cm³/mol. The maximum absolute atomic E-state index is 9.49. The lowest BCUT2D eigenvalue weighted by atomic mass is 9.85. The summed E-state index contributed by atoms with van der Waals surface area (Å²) in [7, 11) is 1.03. The number of rotatable bonds is 9. The third-order valence-corrected chi connectivity index (χ3v) is 8.12. The molecule has 1 aliphatic carbocycles. The van der Waals surface area contributed by atoms with Crippen LogP contribution < -0.4 is 10.1 Å². The van der Waals surface area contributed by atoms with Crippen molar-refractivity contribution in [2.24, 2.45) is 0 Å². The minimum Gasteiger partial charge on any atom is -0.495 e. The highest BCUT2D eigenvalue weighted by Gasteiger charge is 2.25. The van der Waals surface area contributed by atoms with Gasteiger partial charge in [0.05, 0.1) is 37.0 Å². The van der Waals surface area contributed by atoms with E-state index in [9.17, 15) is 5.26 Å². The highest BCUT2D eigenvalue weighted by Crippen LogP contribution is 2.40. The second kappa shape index (κ2) is 10.5. The molecule has 1 unspecified atom stereocenters. The maximum Gasteiger partial charge on any atom is 0.181 e. The van der Waals surface area contributed by atoms with Gasteiger partial charge < -0.3 is 19.2 Å². The van der Waals surface area contributed by atoms with Gasteiger partial charge in [0.2, 0.25) is 0 Å². The van der Waals surface area contributed by atoms with E-state index in [4.69, 9.17) is 19.0 Å². The van der Waals surface area contributed by atoms with Crippen molar-refractivity contribution in [1.82, 2.24) is 14.8 Å². The number of nitrogens with one attached hydrogen (secondary N) is 1. The highest BCUT2D eigenvalue weighted by atomic mass is 32.3. The van der Waals surface area contributed by atoms with Crippen LogP contribution in [-0.2, 0) is 17.9 Å². The number of hydrogen-bond acceptors (Lipinski definition) is 7. The summed E-state index contributed by atoms with van der Waals surface area (Å²) in [5.41, 5.74) is 5.60. The van der Waals surface area contributed by atoms with Crippen molar-refractivity contribution in [3.63, 3.8) is 0 Å². The Hall–Kier alpha value is -3.48. The van der Waals surface area contributed by atoms with Crippen LogP contribution in [0, 0.1) is 11.3 Å². The molecule has 1 atom stereocenters. The molecule has 4 aromatic rings. The zero-order chi connectivity index (χ0) is 26.0. The summed E-state index contributed by atoms with van der Waals surface area (Å²) in [5, 5.41) is 19.0. The quantitative estimate of drug-likeness (QED) is 0.282. The summed E-state index contributed by atoms with van der Waals surface area (Å²) >= 11 is 0. The first-order valence-corrected chi connectivity index (χ1v) is 15.4. The number of oxazole rings is 1. The third-order valence-electron chi connectivity index (χ3n) is 6.73. The molecule has 194 valence electrons. The van der Waals surface area contributed by atoms with E-state index in [-0.39, 0.29) is 6.04 Å². The molecule has 9 heteroatoms. The summed E-state index contributed by atoms with van der Waals surface area (Å²) in [5.74, 6) is 2.37. The molecule has 0 bridgehead atoms. The van der Waals surface area contributed by atoms with Crippen LogP contribution in [-0.4, -0.2) is 53.0 Å². The smallest absolute Gasteiger partial charge is 0.181 e. The average molecular weight is 520 g/mol. The number of nitrogens with zero attached hydrogens (tertiary/aromatic N) is 4. The van der Waals surface area contributed by atoms with E-state index >= 15 is 0 Å². The molecule has 37 heavy (non-hydrogen) atoms. The van der Waals surface area contributed by atoms with Gasteiger partial charge >= 0.3 is 0 Å². The molecular weight excluding hydrogens is 486 g/mol. The Morgan fingerprint density at radius 2 is 2.11 bits per heavy atom. The van der Waals surface area contributed by atoms with Crippen molar-refractivity contribution < 1.29 is 13.9 Å². The van der Waals surface area contributed by atoms with Crippen molar-refractivity contribution >= 4 is 26.6 Å². The van der Waals surface area contributed by atoms with Crippen molar-refractivity contribution in [2.75, 3.05) is 43.6 Å². The lowest BCUT2D eigenvalue weighted by Gasteiger charge is -2.29. The zero-order valence-corrected chi connectivity index (χ0v) is 22.6. The standard InChI is InChI=1S/C28H33N5O3S/c1-34-28-19(15-29)8-10-21-22(28)6-5-7-24(21)31-20-9-11-25-23(14-20)27(26-16-30-17-36-26)32-33(25)18-35-12-13-37(2,3)4/h8-11,14,16-17,24,31H,5-7,12-13,18H2,1-4H3. The van der Waals surface area contributed by atoms with Crippen LogP contribution in [0.15, 0.2) is 47.3 Å². The number of fused-ring (bicyclic) bond motifs is 2. The molecule has 0 aliphatic heterocycles. The molecule has 8 nitrogen and oxygen atoms in total. The largest absolute Gasteiger partial charge is 0.495 e. The fraction of sp³-hybridized carbons (Fsp3) is 0.393. The molecule has 0 spiro atoms. The molecule has 1 aliphatic rings. The fourth-order valence-corrected chi connectivity index (χ4v) is 5.50. The van der Waals surface area contributed by atoms with Gasteiger partial charge in [0, 0.05) is 22.4 Å². The normalized spacial score (nSPS) is 15.8. The lowest BCUT2D eigenvalue weighted by Crippen LogP contribution is -2.18. The number of methoxy groups -OCH3 is 1. The summed E-state index contributed by atoms with van der Waals surface area (Å²) in [6.07, 6.45) is 12.9. The summed E-state index contributed by atoms with van der Waals surface area (Å²) in [6, 6.07) is 12.6. The molecule has 0 saturated carbocycles. The van der Waals surface area contributed by atoms with E-state index in [1.807, 2.05) is 10.7 Å². The summed E-state index contributed by atoms with van der Waals surface area (Å²) in [6.45, 7) is 1.08. The number of hydrogen-bond donors (Lipinski definition) is 1. The second-order valence-corrected chi connectivity index (χ2v) is 14.8. The number of nitriles is 1. The molecule has 0 saturated heterocycles. The molecular formula is C28H33N5O3S. The predicted octanol–water partition coefficient (Wildman–Crippen LogP) is 5.73. The molecule has 2 heterocycles. The Balaban J connectivity index is 1.44. The minimum absolute atomic E-state index is 0.120. The van der Waals surface area contributed by atoms with Crippen molar-refractivity contribution in [3.8, 4) is 23.3 Å². The van der Waals surface area contributed by atoms with E-state index in [2.05, 4.69) is 59.4 Å². The number of anilines is 1. The van der Waals surface area contributed by atoms with E-state index in [0.717, 1.165) is 52.9 Å². The van der Waals surface area contributed by atoms with Gasteiger partial charge in [-0.25, -0.2) is 19.7 Å². The van der Waals surface area contributed by atoms with Crippen LogP contribution in [0.2, 0.25) is 0 Å². The highest BCUT2D eigenvalue weighted by molar-refractivity contribution is 8.32. The molecule has 0 radical (unpaired) electrons. The average Bonchev–Trinajstić information content (AvgIpc) is 3.53. The Kier molecular flexibility index (Phi) is 7.13. The van der Waals surface area contributed by atoms with Crippen LogP contribution in [0.25, 0.3) is 22.4 Å². The maximum atomic E-state index is 9.49. The van der Waals surface area contributed by atoms with Gasteiger partial charge in [-0.1, -0.05) is 6.07 Å². The minimum atomic E-state index is -0.611. The van der Waals surface area contributed by atoms with Crippen LogP contribution in [0.5, 0.6) is 5.75 Å². The summed E-state index contributed by atoms with van der Waals surface area (Å²) in [4.78, 5) is 4.09. The number of aromatic nitrogens is 3. The van der Waals surface area contributed by atoms with Crippen LogP contribution >= 0.6 is 10.0 Å². The van der Waals surface area contributed by atoms with Gasteiger partial charge in [-0.05, 0) is 67.9 Å². The first-order valence-electron chi connectivity index (χ1n) is 12.4. The summed E-state index contributed by atoms with van der Waals surface area (Å²) < 4.78 is 19.1. The van der Waals surface area contributed by atoms with E-state index in [1.165, 1.54) is 12.0 Å². The molecule has 0 fully saturated rings. The Morgan fingerprint density at radius 3 is 2.84 bits per heavy atom. The first kappa shape index (κ1) is 25.2. The Labute approximate surface area is 218 Å². The fourth-order valence-electron chi connectivity index (χ4n) is 4.88. The van der Waals surface area contributed by atoms with E-state index in [1.54, 1.807) is 13.3 Å². The van der Waals surface area contributed by atoms with Gasteiger partial charge in [0.15, 0.2) is 12.2 Å². The zero-order valence-electron chi connectivity index (χ0n) is 21.8. The van der Waals surface area contributed by atoms with E-state index in [0.29, 0.717) is 30.4 Å². The van der Waals surface area contributed by atoms with Crippen LogP contribution in [0.3, 0.4) is 0 Å². The topological polar surface area (TPSA) is 98.1 Å². The van der Waals surface area contributed by atoms with Gasteiger partial charge in [0.25, 0.3) is 0 Å². The van der Waals surface area contributed by atoms with E-state index < -0.39 is 10.0 Å².